The van der Waals surface area contributed by atoms with Crippen LogP contribution in [0.4, 0.5) is 0 Å². The second-order valence-corrected chi connectivity index (χ2v) is 5.89. The fourth-order valence-corrected chi connectivity index (χ4v) is 3.38. The normalized spacial score (nSPS) is 18.5. The van der Waals surface area contributed by atoms with Crippen LogP contribution in [-0.4, -0.2) is 31.1 Å². The first-order valence-electron chi connectivity index (χ1n) is 7.12. The Morgan fingerprint density at radius 2 is 1.84 bits per heavy atom. The van der Waals surface area contributed by atoms with Crippen LogP contribution in [0.1, 0.15) is 37.8 Å². The Labute approximate surface area is 126 Å². The van der Waals surface area contributed by atoms with E-state index in [4.69, 9.17) is 23.2 Å². The van der Waals surface area contributed by atoms with Crippen molar-refractivity contribution in [1.29, 1.82) is 0 Å². The number of hydrogen-bond donors (Lipinski definition) is 1. The molecule has 0 unspecified atom stereocenters. The summed E-state index contributed by atoms with van der Waals surface area (Å²) in [7, 11) is 0. The van der Waals surface area contributed by atoms with E-state index in [1.165, 1.54) is 12.8 Å². The van der Waals surface area contributed by atoms with E-state index < -0.39 is 0 Å². The molecule has 1 heterocycles. The van der Waals surface area contributed by atoms with Crippen LogP contribution in [0.3, 0.4) is 0 Å². The topological polar surface area (TPSA) is 15.3 Å². The fourth-order valence-electron chi connectivity index (χ4n) is 2.73. The van der Waals surface area contributed by atoms with E-state index >= 15 is 0 Å². The maximum Gasteiger partial charge on any atom is 0.0468 e. The van der Waals surface area contributed by atoms with Crippen molar-refractivity contribution in [1.82, 2.24) is 10.2 Å². The number of rotatable bonds is 5. The van der Waals surface area contributed by atoms with Crippen LogP contribution in [0.15, 0.2) is 18.2 Å². The average Bonchev–Trinajstić information content (AvgIpc) is 2.43. The molecule has 1 atom stereocenters. The summed E-state index contributed by atoms with van der Waals surface area (Å²) >= 11 is 12.8. The van der Waals surface area contributed by atoms with Gasteiger partial charge in [0.25, 0.3) is 0 Å². The third kappa shape index (κ3) is 3.85. The van der Waals surface area contributed by atoms with Gasteiger partial charge >= 0.3 is 0 Å². The zero-order chi connectivity index (χ0) is 13.7. The molecule has 1 aliphatic rings. The summed E-state index contributed by atoms with van der Waals surface area (Å²) in [4.78, 5) is 2.51. The molecule has 1 aliphatic heterocycles. The molecule has 0 radical (unpaired) electrons. The highest BCUT2D eigenvalue weighted by Crippen LogP contribution is 2.36. The van der Waals surface area contributed by atoms with Gasteiger partial charge in [0.1, 0.15) is 0 Å². The second-order valence-electron chi connectivity index (χ2n) is 5.08. The van der Waals surface area contributed by atoms with Gasteiger partial charge in [-0.3, -0.25) is 4.90 Å². The highest BCUT2D eigenvalue weighted by molar-refractivity contribution is 6.36. The molecule has 1 aromatic carbocycles. The SMILES string of the molecule is CCCC[C@H](c1c(Cl)cccc1Cl)N1CCNCC1. The van der Waals surface area contributed by atoms with E-state index in [0.29, 0.717) is 6.04 Å². The second kappa shape index (κ2) is 7.49. The van der Waals surface area contributed by atoms with Crippen LogP contribution in [0, 0.1) is 0 Å². The van der Waals surface area contributed by atoms with Crippen LogP contribution in [0.5, 0.6) is 0 Å². The lowest BCUT2D eigenvalue weighted by Crippen LogP contribution is -2.45. The lowest BCUT2D eigenvalue weighted by Gasteiger charge is -2.36. The monoisotopic (exact) mass is 300 g/mol. The van der Waals surface area contributed by atoms with Gasteiger partial charge in [-0.2, -0.15) is 0 Å². The van der Waals surface area contributed by atoms with Crippen LogP contribution in [-0.2, 0) is 0 Å². The summed E-state index contributed by atoms with van der Waals surface area (Å²) in [6.07, 6.45) is 3.53. The smallest absolute Gasteiger partial charge is 0.0468 e. The Hall–Kier alpha value is -0.280. The van der Waals surface area contributed by atoms with Crippen LogP contribution >= 0.6 is 23.2 Å². The van der Waals surface area contributed by atoms with Crippen molar-refractivity contribution < 1.29 is 0 Å². The van der Waals surface area contributed by atoms with E-state index in [-0.39, 0.29) is 0 Å². The molecule has 0 aliphatic carbocycles. The van der Waals surface area contributed by atoms with Gasteiger partial charge < -0.3 is 5.32 Å². The first-order valence-corrected chi connectivity index (χ1v) is 7.88. The molecule has 1 fully saturated rings. The first kappa shape index (κ1) is 15.1. The molecule has 106 valence electrons. The molecule has 0 amide bonds. The Kier molecular flexibility index (Phi) is 5.96. The van der Waals surface area contributed by atoms with Crippen molar-refractivity contribution in [3.05, 3.63) is 33.8 Å². The van der Waals surface area contributed by atoms with Crippen molar-refractivity contribution in [2.24, 2.45) is 0 Å². The van der Waals surface area contributed by atoms with Crippen molar-refractivity contribution in [2.75, 3.05) is 26.2 Å². The van der Waals surface area contributed by atoms with Crippen LogP contribution < -0.4 is 5.32 Å². The predicted molar refractivity (Wildman–Crippen MR) is 83.2 cm³/mol. The minimum atomic E-state index is 0.350. The van der Waals surface area contributed by atoms with Gasteiger partial charge in [-0.15, -0.1) is 0 Å². The lowest BCUT2D eigenvalue weighted by atomic mass is 9.98. The maximum absolute atomic E-state index is 6.40. The van der Waals surface area contributed by atoms with E-state index in [9.17, 15) is 0 Å². The summed E-state index contributed by atoms with van der Waals surface area (Å²) in [6, 6.07) is 6.17. The Bertz CT molecular complexity index is 383. The van der Waals surface area contributed by atoms with Gasteiger partial charge in [0.2, 0.25) is 0 Å². The Balaban J connectivity index is 2.25. The van der Waals surface area contributed by atoms with E-state index in [1.54, 1.807) is 0 Å². The summed E-state index contributed by atoms with van der Waals surface area (Å²) < 4.78 is 0. The summed E-state index contributed by atoms with van der Waals surface area (Å²) in [6.45, 7) is 6.45. The largest absolute Gasteiger partial charge is 0.314 e. The molecule has 0 saturated carbocycles. The third-order valence-electron chi connectivity index (χ3n) is 3.76. The predicted octanol–water partition coefficient (Wildman–Crippen LogP) is 4.13. The molecule has 19 heavy (non-hydrogen) atoms. The van der Waals surface area contributed by atoms with Gasteiger partial charge in [0.05, 0.1) is 0 Å². The number of nitrogens with zero attached hydrogens (tertiary/aromatic N) is 1. The zero-order valence-electron chi connectivity index (χ0n) is 11.5. The lowest BCUT2D eigenvalue weighted by molar-refractivity contribution is 0.163. The van der Waals surface area contributed by atoms with Crippen molar-refractivity contribution in [2.45, 2.75) is 32.2 Å². The van der Waals surface area contributed by atoms with E-state index in [2.05, 4.69) is 17.1 Å². The molecule has 1 saturated heterocycles. The Morgan fingerprint density at radius 1 is 1.21 bits per heavy atom. The highest BCUT2D eigenvalue weighted by Gasteiger charge is 2.25. The van der Waals surface area contributed by atoms with Gasteiger partial charge in [0.15, 0.2) is 0 Å². The number of piperazine rings is 1. The van der Waals surface area contributed by atoms with E-state index in [1.807, 2.05) is 18.2 Å². The van der Waals surface area contributed by atoms with Gasteiger partial charge in [0, 0.05) is 47.8 Å². The number of benzene rings is 1. The molecule has 0 spiro atoms. The molecule has 0 aromatic heterocycles. The quantitative estimate of drug-likeness (QED) is 0.879. The van der Waals surface area contributed by atoms with Gasteiger partial charge in [-0.05, 0) is 18.6 Å². The highest BCUT2D eigenvalue weighted by atomic mass is 35.5. The molecule has 4 heteroatoms. The van der Waals surface area contributed by atoms with Gasteiger partial charge in [-0.1, -0.05) is 49.0 Å². The molecular formula is C15H22Cl2N2. The zero-order valence-corrected chi connectivity index (χ0v) is 13.0. The minimum absolute atomic E-state index is 0.350. The van der Waals surface area contributed by atoms with Crippen molar-refractivity contribution in [3.8, 4) is 0 Å². The summed E-state index contributed by atoms with van der Waals surface area (Å²) in [5.74, 6) is 0. The average molecular weight is 301 g/mol. The van der Waals surface area contributed by atoms with Crippen LogP contribution in [0.2, 0.25) is 10.0 Å². The first-order chi connectivity index (χ1) is 9.24. The summed E-state index contributed by atoms with van der Waals surface area (Å²) in [5.41, 5.74) is 1.11. The Morgan fingerprint density at radius 3 is 2.42 bits per heavy atom. The number of nitrogens with one attached hydrogen (secondary N) is 1. The van der Waals surface area contributed by atoms with Crippen LogP contribution in [0.25, 0.3) is 0 Å². The number of halogens is 2. The summed E-state index contributed by atoms with van der Waals surface area (Å²) in [5, 5.41) is 5.00. The standard InChI is InChI=1S/C15H22Cl2N2/c1-2-3-7-14(19-10-8-18-9-11-19)15-12(16)5-4-6-13(15)17/h4-6,14,18H,2-3,7-11H2,1H3/t14-/m1/s1. The number of hydrogen-bond acceptors (Lipinski definition) is 2. The van der Waals surface area contributed by atoms with Crippen molar-refractivity contribution >= 4 is 23.2 Å². The fraction of sp³-hybridized carbons (Fsp3) is 0.600. The molecule has 0 bridgehead atoms. The molecule has 1 N–H and O–H groups in total. The van der Waals surface area contributed by atoms with Crippen molar-refractivity contribution in [3.63, 3.8) is 0 Å². The van der Waals surface area contributed by atoms with Gasteiger partial charge in [-0.25, -0.2) is 0 Å². The number of unbranched alkanes of at least 4 members (excludes halogenated alkanes) is 1. The van der Waals surface area contributed by atoms with E-state index in [0.717, 1.165) is 48.2 Å². The third-order valence-corrected chi connectivity index (χ3v) is 4.42. The molecular weight excluding hydrogens is 279 g/mol. The molecule has 2 rings (SSSR count). The minimum Gasteiger partial charge on any atom is -0.314 e. The maximum atomic E-state index is 6.40. The molecule has 1 aromatic rings. The molecule has 2 nitrogen and oxygen atoms in total.